The van der Waals surface area contributed by atoms with E-state index in [1.165, 1.54) is 0 Å². The first kappa shape index (κ1) is 8.72. The van der Waals surface area contributed by atoms with Gasteiger partial charge >= 0.3 is 0 Å². The van der Waals surface area contributed by atoms with Gasteiger partial charge in [-0.15, -0.1) is 0 Å². The Balaban J connectivity index is 2.30. The molecule has 2 aliphatic rings. The van der Waals surface area contributed by atoms with Crippen LogP contribution in [0.4, 0.5) is 0 Å². The molecule has 0 fully saturated rings. The highest BCUT2D eigenvalue weighted by Crippen LogP contribution is 2.17. The summed E-state index contributed by atoms with van der Waals surface area (Å²) in [4.78, 5) is 0. The largest absolute Gasteiger partial charge is 0.301 e. The molecule has 1 aliphatic carbocycles. The second kappa shape index (κ2) is 3.47. The van der Waals surface area contributed by atoms with Gasteiger partial charge in [-0.05, 0) is 35.5 Å². The fourth-order valence-corrected chi connectivity index (χ4v) is 1.27. The summed E-state index contributed by atoms with van der Waals surface area (Å²) in [6.45, 7) is 0. The molecule has 0 atom stereocenters. The minimum absolute atomic E-state index is 0.502. The van der Waals surface area contributed by atoms with Crippen molar-refractivity contribution in [2.24, 2.45) is 0 Å². The summed E-state index contributed by atoms with van der Waals surface area (Å²) in [7, 11) is 0. The Kier molecular flexibility index (Phi) is 2.16. The van der Waals surface area contributed by atoms with Gasteiger partial charge in [0.1, 0.15) is 0 Å². The van der Waals surface area contributed by atoms with Crippen LogP contribution in [-0.2, 0) is 0 Å². The molecule has 2 rings (SSSR count). The number of hydroxylamine groups is 2. The molecule has 0 spiro atoms. The Morgan fingerprint density at radius 1 is 0.857 bits per heavy atom. The van der Waals surface area contributed by atoms with Crippen LogP contribution in [0.5, 0.6) is 0 Å². The summed E-state index contributed by atoms with van der Waals surface area (Å²) in [5, 5.41) is 17.4. The second-order valence-electron chi connectivity index (χ2n) is 3.04. The van der Waals surface area contributed by atoms with Crippen molar-refractivity contribution in [1.82, 2.24) is 5.06 Å². The molecular formula is C11H10N2O. The van der Waals surface area contributed by atoms with Gasteiger partial charge in [0.2, 0.25) is 0 Å². The first-order valence-corrected chi connectivity index (χ1v) is 4.28. The van der Waals surface area contributed by atoms with Gasteiger partial charge in [0.15, 0.2) is 0 Å². The minimum atomic E-state index is 0.502. The Hall–Kier alpha value is -1.87. The van der Waals surface area contributed by atoms with E-state index in [2.05, 4.69) is 0 Å². The van der Waals surface area contributed by atoms with Crippen molar-refractivity contribution in [2.45, 2.75) is 0 Å². The summed E-state index contributed by atoms with van der Waals surface area (Å²) >= 11 is 0. The van der Waals surface area contributed by atoms with Gasteiger partial charge in [-0.3, -0.25) is 5.21 Å². The van der Waals surface area contributed by atoms with Gasteiger partial charge in [0, 0.05) is 12.4 Å². The molecule has 0 unspecified atom stereocenters. The summed E-state index contributed by atoms with van der Waals surface area (Å²) in [6, 6.07) is 0. The summed E-state index contributed by atoms with van der Waals surface area (Å²) < 4.78 is 0. The normalized spacial score (nSPS) is 19.8. The topological polar surface area (TPSA) is 47.3 Å². The molecule has 3 heteroatoms. The third kappa shape index (κ3) is 1.72. The number of nitrogens with one attached hydrogen (secondary N) is 1. The van der Waals surface area contributed by atoms with Gasteiger partial charge < -0.3 is 5.41 Å². The van der Waals surface area contributed by atoms with Crippen LogP contribution in [0, 0.1) is 5.41 Å². The van der Waals surface area contributed by atoms with E-state index in [1.54, 1.807) is 24.6 Å². The van der Waals surface area contributed by atoms with E-state index < -0.39 is 0 Å². The molecule has 70 valence electrons. The van der Waals surface area contributed by atoms with Gasteiger partial charge in [-0.25, -0.2) is 5.06 Å². The Bertz CT molecular complexity index is 377. The first-order chi connectivity index (χ1) is 6.75. The number of nitrogens with zero attached hydrogens (tertiary/aromatic N) is 1. The van der Waals surface area contributed by atoms with Crippen molar-refractivity contribution >= 4 is 5.71 Å². The zero-order valence-corrected chi connectivity index (χ0v) is 7.51. The fraction of sp³-hybridized carbons (Fsp3) is 0. The first-order valence-electron chi connectivity index (χ1n) is 4.28. The molecule has 0 saturated carbocycles. The van der Waals surface area contributed by atoms with Crippen LogP contribution < -0.4 is 0 Å². The van der Waals surface area contributed by atoms with Crippen molar-refractivity contribution in [2.75, 3.05) is 0 Å². The molecule has 1 heterocycles. The highest BCUT2D eigenvalue weighted by Gasteiger charge is 2.03. The Morgan fingerprint density at radius 2 is 1.36 bits per heavy atom. The van der Waals surface area contributed by atoms with Gasteiger partial charge in [0.05, 0.1) is 5.71 Å². The van der Waals surface area contributed by atoms with Crippen LogP contribution in [0.2, 0.25) is 0 Å². The van der Waals surface area contributed by atoms with Crippen LogP contribution >= 0.6 is 0 Å². The van der Waals surface area contributed by atoms with Crippen LogP contribution in [0.1, 0.15) is 0 Å². The number of allylic oxidation sites excluding steroid dienone is 8. The average Bonchev–Trinajstić information content (AvgIpc) is 2.21. The van der Waals surface area contributed by atoms with Crippen LogP contribution in [0.15, 0.2) is 60.0 Å². The zero-order valence-electron chi connectivity index (χ0n) is 7.51. The maximum Gasteiger partial charge on any atom is 0.0540 e. The van der Waals surface area contributed by atoms with Crippen LogP contribution in [-0.4, -0.2) is 16.0 Å². The standard InChI is InChI=1S/C11H10N2O/c12-11-3-1-9(2-4-11)10-5-7-13(14)8-6-10/h1-8,12,14H. The lowest BCUT2D eigenvalue weighted by Crippen LogP contribution is -2.05. The van der Waals surface area contributed by atoms with Gasteiger partial charge in [-0.2, -0.15) is 0 Å². The van der Waals surface area contributed by atoms with E-state index in [9.17, 15) is 0 Å². The maximum absolute atomic E-state index is 9.03. The Morgan fingerprint density at radius 3 is 1.93 bits per heavy atom. The molecule has 1 aliphatic heterocycles. The van der Waals surface area contributed by atoms with Crippen LogP contribution in [0.25, 0.3) is 0 Å². The molecule has 0 aromatic heterocycles. The molecule has 0 amide bonds. The summed E-state index contributed by atoms with van der Waals surface area (Å²) in [5.41, 5.74) is 2.57. The fourth-order valence-electron chi connectivity index (χ4n) is 1.27. The molecular weight excluding hydrogens is 176 g/mol. The lowest BCUT2D eigenvalue weighted by Gasteiger charge is -2.12. The lowest BCUT2D eigenvalue weighted by atomic mass is 10.0. The van der Waals surface area contributed by atoms with E-state index in [0.29, 0.717) is 5.71 Å². The number of rotatable bonds is 0. The van der Waals surface area contributed by atoms with E-state index in [-0.39, 0.29) is 0 Å². The molecule has 14 heavy (non-hydrogen) atoms. The second-order valence-corrected chi connectivity index (χ2v) is 3.04. The highest BCUT2D eigenvalue weighted by molar-refractivity contribution is 6.03. The third-order valence-corrected chi connectivity index (χ3v) is 2.03. The maximum atomic E-state index is 9.03. The van der Waals surface area contributed by atoms with E-state index in [4.69, 9.17) is 10.6 Å². The molecule has 0 saturated heterocycles. The molecule has 3 nitrogen and oxygen atoms in total. The van der Waals surface area contributed by atoms with Crippen molar-refractivity contribution in [3.05, 3.63) is 60.0 Å². The molecule has 2 N–H and O–H groups in total. The van der Waals surface area contributed by atoms with E-state index in [1.807, 2.05) is 24.3 Å². The van der Waals surface area contributed by atoms with Crippen molar-refractivity contribution in [3.63, 3.8) is 0 Å². The highest BCUT2D eigenvalue weighted by atomic mass is 16.5. The van der Waals surface area contributed by atoms with Gasteiger partial charge in [-0.1, -0.05) is 12.2 Å². The Labute approximate surface area is 82.1 Å². The number of hydrogen-bond donors (Lipinski definition) is 2. The summed E-state index contributed by atoms with van der Waals surface area (Å²) in [5.74, 6) is 0. The van der Waals surface area contributed by atoms with E-state index >= 15 is 0 Å². The van der Waals surface area contributed by atoms with Crippen molar-refractivity contribution in [1.29, 1.82) is 5.41 Å². The van der Waals surface area contributed by atoms with Crippen LogP contribution in [0.3, 0.4) is 0 Å². The van der Waals surface area contributed by atoms with E-state index in [0.717, 1.165) is 16.2 Å². The summed E-state index contributed by atoms with van der Waals surface area (Å²) in [6.07, 6.45) is 14.1. The minimum Gasteiger partial charge on any atom is -0.301 e. The molecule has 0 aromatic rings. The molecule has 0 aromatic carbocycles. The monoisotopic (exact) mass is 186 g/mol. The third-order valence-electron chi connectivity index (χ3n) is 2.03. The predicted octanol–water partition coefficient (Wildman–Crippen LogP) is 2.16. The lowest BCUT2D eigenvalue weighted by molar-refractivity contribution is 0.0105. The predicted molar refractivity (Wildman–Crippen MR) is 54.9 cm³/mol. The smallest absolute Gasteiger partial charge is 0.0540 e. The molecule has 0 radical (unpaired) electrons. The SMILES string of the molecule is N=C1C=CC(=C2C=CN(O)C=C2)C=C1. The van der Waals surface area contributed by atoms with Crippen molar-refractivity contribution < 1.29 is 5.21 Å². The number of hydrogen-bond acceptors (Lipinski definition) is 3. The van der Waals surface area contributed by atoms with Crippen molar-refractivity contribution in [3.8, 4) is 0 Å². The molecule has 0 bridgehead atoms. The zero-order chi connectivity index (χ0) is 9.97. The quantitative estimate of drug-likeness (QED) is 0.609. The van der Waals surface area contributed by atoms with Gasteiger partial charge in [0.25, 0.3) is 0 Å². The average molecular weight is 186 g/mol.